The number of aliphatic hydroxyl groups is 1. The number of halogens is 1. The molecule has 1 heterocycles. The first-order chi connectivity index (χ1) is 8.54. The van der Waals surface area contributed by atoms with Gasteiger partial charge in [-0.25, -0.2) is 4.39 Å². The van der Waals surface area contributed by atoms with E-state index in [1.165, 1.54) is 12.1 Å². The molecule has 0 radical (unpaired) electrons. The van der Waals surface area contributed by atoms with Gasteiger partial charge in [0.2, 0.25) is 0 Å². The molecule has 0 aromatic heterocycles. The highest BCUT2D eigenvalue weighted by atomic mass is 19.1. The molecule has 0 saturated carbocycles. The van der Waals surface area contributed by atoms with Crippen molar-refractivity contribution in [3.05, 3.63) is 30.1 Å². The van der Waals surface area contributed by atoms with E-state index in [9.17, 15) is 9.50 Å². The Morgan fingerprint density at radius 2 is 2.11 bits per heavy atom. The van der Waals surface area contributed by atoms with Crippen LogP contribution in [0, 0.1) is 5.82 Å². The Kier molecular flexibility index (Phi) is 3.88. The van der Waals surface area contributed by atoms with Crippen LogP contribution in [0.5, 0.6) is 0 Å². The monoisotopic (exact) mass is 252 g/mol. The fraction of sp³-hybridized carbons (Fsp3) is 0.571. The molecule has 2 unspecified atom stereocenters. The van der Waals surface area contributed by atoms with Gasteiger partial charge < -0.3 is 15.3 Å². The third-order valence-corrected chi connectivity index (χ3v) is 3.94. The fourth-order valence-corrected chi connectivity index (χ4v) is 2.57. The van der Waals surface area contributed by atoms with Gasteiger partial charge >= 0.3 is 0 Å². The van der Waals surface area contributed by atoms with Crippen LogP contribution in [0.4, 0.5) is 10.1 Å². The summed E-state index contributed by atoms with van der Waals surface area (Å²) in [7, 11) is 2.10. The second kappa shape index (κ2) is 5.24. The predicted octanol–water partition coefficient (Wildman–Crippen LogP) is 2.08. The van der Waals surface area contributed by atoms with Crippen molar-refractivity contribution < 1.29 is 9.50 Å². The van der Waals surface area contributed by atoms with E-state index in [1.807, 2.05) is 0 Å². The van der Waals surface area contributed by atoms with Crippen molar-refractivity contribution in [2.75, 3.05) is 25.5 Å². The summed E-state index contributed by atoms with van der Waals surface area (Å²) >= 11 is 0. The summed E-state index contributed by atoms with van der Waals surface area (Å²) in [4.78, 5) is 2.29. The zero-order valence-electron chi connectivity index (χ0n) is 11.0. The number of benzene rings is 1. The highest BCUT2D eigenvalue weighted by molar-refractivity contribution is 5.45. The molecule has 2 rings (SSSR count). The molecule has 1 aromatic carbocycles. The second-order valence-corrected chi connectivity index (χ2v) is 5.35. The third-order valence-electron chi connectivity index (χ3n) is 3.94. The molecule has 1 aliphatic rings. The molecule has 1 aromatic rings. The molecule has 100 valence electrons. The number of hydrogen-bond acceptors (Lipinski definition) is 3. The van der Waals surface area contributed by atoms with Gasteiger partial charge in [-0.2, -0.15) is 0 Å². The molecular formula is C14H21FN2O. The van der Waals surface area contributed by atoms with Crippen molar-refractivity contribution in [3.8, 4) is 0 Å². The zero-order valence-corrected chi connectivity index (χ0v) is 11.0. The van der Waals surface area contributed by atoms with Gasteiger partial charge in [-0.3, -0.25) is 0 Å². The average Bonchev–Trinajstić information content (AvgIpc) is 2.37. The largest absolute Gasteiger partial charge is 0.394 e. The molecule has 2 N–H and O–H groups in total. The first-order valence-electron chi connectivity index (χ1n) is 6.39. The summed E-state index contributed by atoms with van der Waals surface area (Å²) in [6.45, 7) is 3.22. The van der Waals surface area contributed by atoms with Gasteiger partial charge in [-0.05, 0) is 51.1 Å². The standard InChI is InChI=1S/C14H21FN2O/c1-11-9-14(10-18,7-8-17(11)2)16-13-5-3-12(15)4-6-13/h3-6,11,16,18H,7-10H2,1-2H3. The van der Waals surface area contributed by atoms with E-state index in [0.29, 0.717) is 6.04 Å². The van der Waals surface area contributed by atoms with E-state index < -0.39 is 0 Å². The summed E-state index contributed by atoms with van der Waals surface area (Å²) in [6.07, 6.45) is 1.78. The van der Waals surface area contributed by atoms with Crippen molar-refractivity contribution in [1.29, 1.82) is 0 Å². The topological polar surface area (TPSA) is 35.5 Å². The summed E-state index contributed by atoms with van der Waals surface area (Å²) in [5.74, 6) is -0.240. The number of nitrogens with zero attached hydrogens (tertiary/aromatic N) is 1. The molecule has 1 fully saturated rings. The van der Waals surface area contributed by atoms with Gasteiger partial charge in [0.05, 0.1) is 12.1 Å². The zero-order chi connectivity index (χ0) is 13.2. The molecular weight excluding hydrogens is 231 g/mol. The maximum atomic E-state index is 12.9. The molecule has 1 saturated heterocycles. The van der Waals surface area contributed by atoms with Crippen molar-refractivity contribution >= 4 is 5.69 Å². The van der Waals surface area contributed by atoms with Crippen LogP contribution in [0.2, 0.25) is 0 Å². The van der Waals surface area contributed by atoms with Crippen LogP contribution in [0.25, 0.3) is 0 Å². The summed E-state index contributed by atoms with van der Waals surface area (Å²) in [6, 6.07) is 6.74. The maximum absolute atomic E-state index is 12.9. The Morgan fingerprint density at radius 3 is 2.67 bits per heavy atom. The molecule has 18 heavy (non-hydrogen) atoms. The van der Waals surface area contributed by atoms with Gasteiger partial charge in [-0.1, -0.05) is 0 Å². The number of hydrogen-bond donors (Lipinski definition) is 2. The number of aliphatic hydroxyl groups excluding tert-OH is 1. The molecule has 0 amide bonds. The smallest absolute Gasteiger partial charge is 0.123 e. The van der Waals surface area contributed by atoms with Crippen LogP contribution in [0.15, 0.2) is 24.3 Å². The van der Waals surface area contributed by atoms with Gasteiger partial charge in [0, 0.05) is 18.3 Å². The van der Waals surface area contributed by atoms with Crippen LogP contribution in [0.1, 0.15) is 19.8 Å². The number of rotatable bonds is 3. The maximum Gasteiger partial charge on any atom is 0.123 e. The predicted molar refractivity (Wildman–Crippen MR) is 71.2 cm³/mol. The van der Waals surface area contributed by atoms with Gasteiger partial charge in [0.25, 0.3) is 0 Å². The molecule has 0 spiro atoms. The van der Waals surface area contributed by atoms with E-state index in [4.69, 9.17) is 0 Å². The summed E-state index contributed by atoms with van der Waals surface area (Å²) in [5.41, 5.74) is 0.575. The average molecular weight is 252 g/mol. The lowest BCUT2D eigenvalue weighted by Gasteiger charge is -2.44. The SMILES string of the molecule is CC1CC(CO)(Nc2ccc(F)cc2)CCN1C. The Hall–Kier alpha value is -1.13. The van der Waals surface area contributed by atoms with Crippen molar-refractivity contribution in [3.63, 3.8) is 0 Å². The Bertz CT molecular complexity index is 395. The lowest BCUT2D eigenvalue weighted by atomic mass is 9.84. The molecule has 3 nitrogen and oxygen atoms in total. The van der Waals surface area contributed by atoms with Crippen LogP contribution >= 0.6 is 0 Å². The van der Waals surface area contributed by atoms with Crippen molar-refractivity contribution in [2.45, 2.75) is 31.3 Å². The lowest BCUT2D eigenvalue weighted by molar-refractivity contribution is 0.0969. The van der Waals surface area contributed by atoms with E-state index in [1.54, 1.807) is 12.1 Å². The normalized spacial score (nSPS) is 29.2. The molecule has 4 heteroatoms. The van der Waals surface area contributed by atoms with Crippen LogP contribution in [-0.2, 0) is 0 Å². The summed E-state index contributed by atoms with van der Waals surface area (Å²) < 4.78 is 12.9. The minimum atomic E-state index is -0.288. The minimum absolute atomic E-state index is 0.0998. The number of piperidine rings is 1. The first-order valence-corrected chi connectivity index (χ1v) is 6.39. The quantitative estimate of drug-likeness (QED) is 0.864. The van der Waals surface area contributed by atoms with Crippen molar-refractivity contribution in [1.82, 2.24) is 4.90 Å². The lowest BCUT2D eigenvalue weighted by Crippen LogP contribution is -2.54. The number of anilines is 1. The Labute approximate surface area is 108 Å². The molecule has 1 aliphatic heterocycles. The van der Waals surface area contributed by atoms with Gasteiger partial charge in [0.15, 0.2) is 0 Å². The Balaban J connectivity index is 2.11. The second-order valence-electron chi connectivity index (χ2n) is 5.35. The van der Waals surface area contributed by atoms with E-state index >= 15 is 0 Å². The minimum Gasteiger partial charge on any atom is -0.394 e. The molecule has 0 bridgehead atoms. The summed E-state index contributed by atoms with van der Waals surface area (Å²) in [5, 5.41) is 13.1. The first kappa shape index (κ1) is 13.3. The molecule has 0 aliphatic carbocycles. The van der Waals surface area contributed by atoms with E-state index in [0.717, 1.165) is 25.1 Å². The molecule has 2 atom stereocenters. The van der Waals surface area contributed by atoms with Crippen LogP contribution in [0.3, 0.4) is 0 Å². The van der Waals surface area contributed by atoms with E-state index in [-0.39, 0.29) is 18.0 Å². The highest BCUT2D eigenvalue weighted by Crippen LogP contribution is 2.29. The van der Waals surface area contributed by atoms with Crippen LogP contribution in [-0.4, -0.2) is 41.8 Å². The number of nitrogens with one attached hydrogen (secondary N) is 1. The third kappa shape index (κ3) is 2.82. The van der Waals surface area contributed by atoms with Gasteiger partial charge in [0.1, 0.15) is 5.82 Å². The number of likely N-dealkylation sites (tertiary alicyclic amines) is 1. The van der Waals surface area contributed by atoms with Crippen LogP contribution < -0.4 is 5.32 Å². The van der Waals surface area contributed by atoms with Crippen molar-refractivity contribution in [2.24, 2.45) is 0 Å². The van der Waals surface area contributed by atoms with E-state index in [2.05, 4.69) is 24.2 Å². The fourth-order valence-electron chi connectivity index (χ4n) is 2.57. The Morgan fingerprint density at radius 1 is 1.44 bits per heavy atom. The van der Waals surface area contributed by atoms with Gasteiger partial charge in [-0.15, -0.1) is 0 Å². The highest BCUT2D eigenvalue weighted by Gasteiger charge is 2.36.